The van der Waals surface area contributed by atoms with Gasteiger partial charge < -0.3 is 24.8 Å². The molecule has 2 heterocycles. The van der Waals surface area contributed by atoms with Crippen molar-refractivity contribution in [2.24, 2.45) is 10.9 Å². The topological polar surface area (TPSA) is 60.4 Å². The molecule has 2 aliphatic heterocycles. The molecule has 7 nitrogen and oxygen atoms in total. The van der Waals surface area contributed by atoms with E-state index in [1.54, 1.807) is 4.90 Å². The van der Waals surface area contributed by atoms with Gasteiger partial charge >= 0.3 is 6.09 Å². The van der Waals surface area contributed by atoms with E-state index in [1.165, 1.54) is 19.4 Å². The molecule has 0 radical (unpaired) electrons. The Bertz CT molecular complexity index is 427. The van der Waals surface area contributed by atoms with Crippen molar-refractivity contribution in [2.45, 2.75) is 26.7 Å². The van der Waals surface area contributed by atoms with Crippen molar-refractivity contribution in [3.8, 4) is 0 Å². The van der Waals surface area contributed by atoms with Crippen molar-refractivity contribution >= 4 is 36.0 Å². The molecule has 2 rings (SSSR count). The van der Waals surface area contributed by atoms with E-state index >= 15 is 0 Å². The number of amides is 1. The van der Waals surface area contributed by atoms with Crippen molar-refractivity contribution in [3.05, 3.63) is 0 Å². The Morgan fingerprint density at radius 2 is 1.84 bits per heavy atom. The number of nitrogens with zero attached hydrogens (tertiary/aromatic N) is 4. The van der Waals surface area contributed by atoms with Crippen LogP contribution in [0.5, 0.6) is 0 Å². The van der Waals surface area contributed by atoms with Gasteiger partial charge in [-0.15, -0.1) is 24.0 Å². The summed E-state index contributed by atoms with van der Waals surface area (Å²) in [5.41, 5.74) is 0. The van der Waals surface area contributed by atoms with Gasteiger partial charge in [0.1, 0.15) is 0 Å². The Hall–Kier alpha value is -0.770. The van der Waals surface area contributed by atoms with E-state index in [9.17, 15) is 4.79 Å². The molecule has 0 aliphatic carbocycles. The van der Waals surface area contributed by atoms with Crippen LogP contribution < -0.4 is 5.32 Å². The van der Waals surface area contributed by atoms with Gasteiger partial charge in [-0.1, -0.05) is 0 Å². The predicted octanol–water partition coefficient (Wildman–Crippen LogP) is 1.69. The molecule has 2 aliphatic rings. The van der Waals surface area contributed by atoms with E-state index in [2.05, 4.69) is 29.1 Å². The monoisotopic (exact) mass is 467 g/mol. The third-order valence-corrected chi connectivity index (χ3v) is 4.66. The molecule has 0 bridgehead atoms. The van der Waals surface area contributed by atoms with E-state index < -0.39 is 0 Å². The molecular formula is C17H34IN5O2. The fraction of sp³-hybridized carbons (Fsp3) is 0.882. The van der Waals surface area contributed by atoms with E-state index in [1.807, 2.05) is 6.92 Å². The molecule has 0 aromatic heterocycles. The summed E-state index contributed by atoms with van der Waals surface area (Å²) in [7, 11) is 2.19. The Labute approximate surface area is 169 Å². The van der Waals surface area contributed by atoms with Crippen molar-refractivity contribution in [3.63, 3.8) is 0 Å². The average Bonchev–Trinajstić information content (AvgIpc) is 2.59. The third-order valence-electron chi connectivity index (χ3n) is 4.66. The second-order valence-electron chi connectivity index (χ2n) is 6.64. The molecule has 0 aromatic rings. The van der Waals surface area contributed by atoms with Gasteiger partial charge in [0.2, 0.25) is 0 Å². The van der Waals surface area contributed by atoms with Gasteiger partial charge in [-0.05, 0) is 46.2 Å². The lowest BCUT2D eigenvalue weighted by atomic mass is 9.99. The first kappa shape index (κ1) is 22.3. The number of rotatable bonds is 4. The van der Waals surface area contributed by atoms with Crippen LogP contribution in [0.4, 0.5) is 4.79 Å². The van der Waals surface area contributed by atoms with Gasteiger partial charge in [0.25, 0.3) is 0 Å². The van der Waals surface area contributed by atoms with Gasteiger partial charge in [-0.2, -0.15) is 0 Å². The van der Waals surface area contributed by atoms with Crippen molar-refractivity contribution in [1.29, 1.82) is 0 Å². The Morgan fingerprint density at radius 1 is 1.16 bits per heavy atom. The van der Waals surface area contributed by atoms with Crippen molar-refractivity contribution in [2.75, 3.05) is 66.0 Å². The van der Waals surface area contributed by atoms with Crippen LogP contribution in [0, 0.1) is 5.92 Å². The first-order valence-electron chi connectivity index (χ1n) is 9.27. The number of hydrogen-bond donors (Lipinski definition) is 1. The molecule has 0 saturated carbocycles. The number of halogens is 1. The third kappa shape index (κ3) is 7.16. The molecular weight excluding hydrogens is 433 g/mol. The minimum absolute atomic E-state index is 0. The number of hydrogen-bond acceptors (Lipinski definition) is 4. The Morgan fingerprint density at radius 3 is 2.44 bits per heavy atom. The zero-order valence-electron chi connectivity index (χ0n) is 15.9. The highest BCUT2D eigenvalue weighted by Crippen LogP contribution is 2.15. The van der Waals surface area contributed by atoms with Crippen LogP contribution in [0.3, 0.4) is 0 Å². The summed E-state index contributed by atoms with van der Waals surface area (Å²) >= 11 is 0. The lowest BCUT2D eigenvalue weighted by Gasteiger charge is -2.36. The van der Waals surface area contributed by atoms with E-state index in [-0.39, 0.29) is 30.1 Å². The number of piperazine rings is 1. The van der Waals surface area contributed by atoms with Gasteiger partial charge in [0.15, 0.2) is 5.96 Å². The number of carbonyl (C=O) groups is 1. The summed E-state index contributed by atoms with van der Waals surface area (Å²) < 4.78 is 5.08. The largest absolute Gasteiger partial charge is 0.450 e. The summed E-state index contributed by atoms with van der Waals surface area (Å²) in [6.45, 7) is 11.4. The van der Waals surface area contributed by atoms with Crippen LogP contribution in [-0.2, 0) is 4.74 Å². The zero-order valence-corrected chi connectivity index (χ0v) is 18.2. The maximum absolute atomic E-state index is 11.8. The normalized spacial score (nSPS) is 22.4. The van der Waals surface area contributed by atoms with Gasteiger partial charge in [0, 0.05) is 45.8 Å². The highest BCUT2D eigenvalue weighted by atomic mass is 127. The first-order valence-corrected chi connectivity index (χ1v) is 9.27. The molecule has 25 heavy (non-hydrogen) atoms. The minimum atomic E-state index is -0.204. The predicted molar refractivity (Wildman–Crippen MR) is 112 cm³/mol. The van der Waals surface area contributed by atoms with Crippen LogP contribution in [0.1, 0.15) is 26.7 Å². The number of aliphatic imine (C=N–C) groups is 1. The fourth-order valence-corrected chi connectivity index (χ4v) is 3.38. The van der Waals surface area contributed by atoms with E-state index in [0.717, 1.165) is 38.7 Å². The van der Waals surface area contributed by atoms with Crippen molar-refractivity contribution < 1.29 is 9.53 Å². The van der Waals surface area contributed by atoms with E-state index in [4.69, 9.17) is 9.73 Å². The molecule has 8 heteroatoms. The number of carbonyl (C=O) groups excluding carboxylic acids is 1. The Kier molecular flexibility index (Phi) is 10.5. The number of likely N-dealkylation sites (tertiary alicyclic amines) is 1. The SMILES string of the molecule is CCNC(=NCC1CCCN(C)C1)N1CCN(C(=O)OCC)CC1.I. The molecule has 0 spiro atoms. The minimum Gasteiger partial charge on any atom is -0.450 e. The molecule has 1 unspecified atom stereocenters. The van der Waals surface area contributed by atoms with Crippen LogP contribution in [0.2, 0.25) is 0 Å². The standard InChI is InChI=1S/C17H33N5O2.HI/c1-4-18-16(19-13-15-7-6-8-20(3)14-15)21-9-11-22(12-10-21)17(23)24-5-2;/h15H,4-14H2,1-3H3,(H,18,19);1H. The van der Waals surface area contributed by atoms with Gasteiger partial charge in [-0.3, -0.25) is 4.99 Å². The number of ether oxygens (including phenoxy) is 1. The highest BCUT2D eigenvalue weighted by molar-refractivity contribution is 14.0. The summed E-state index contributed by atoms with van der Waals surface area (Å²) in [6, 6.07) is 0. The van der Waals surface area contributed by atoms with Crippen LogP contribution in [-0.4, -0.2) is 92.8 Å². The molecule has 2 saturated heterocycles. The molecule has 1 amide bonds. The van der Waals surface area contributed by atoms with Crippen LogP contribution in [0.15, 0.2) is 4.99 Å². The number of nitrogens with one attached hydrogen (secondary N) is 1. The van der Waals surface area contributed by atoms with Crippen molar-refractivity contribution in [1.82, 2.24) is 20.0 Å². The lowest BCUT2D eigenvalue weighted by molar-refractivity contribution is 0.0914. The first-order chi connectivity index (χ1) is 11.6. The van der Waals surface area contributed by atoms with Crippen LogP contribution >= 0.6 is 24.0 Å². The lowest BCUT2D eigenvalue weighted by Crippen LogP contribution is -2.54. The quantitative estimate of drug-likeness (QED) is 0.388. The summed E-state index contributed by atoms with van der Waals surface area (Å²) in [6.07, 6.45) is 2.33. The fourth-order valence-electron chi connectivity index (χ4n) is 3.38. The summed E-state index contributed by atoms with van der Waals surface area (Å²) in [4.78, 5) is 23.1. The second kappa shape index (κ2) is 11.8. The Balaban J connectivity index is 0.00000312. The smallest absolute Gasteiger partial charge is 0.409 e. The second-order valence-corrected chi connectivity index (χ2v) is 6.64. The molecule has 146 valence electrons. The maximum atomic E-state index is 11.8. The van der Waals surface area contributed by atoms with Gasteiger partial charge in [0.05, 0.1) is 6.61 Å². The number of guanidine groups is 1. The number of piperidine rings is 1. The molecule has 1 N–H and O–H groups in total. The molecule has 1 atom stereocenters. The molecule has 0 aromatic carbocycles. The maximum Gasteiger partial charge on any atom is 0.409 e. The van der Waals surface area contributed by atoms with Gasteiger partial charge in [-0.25, -0.2) is 4.79 Å². The average molecular weight is 467 g/mol. The highest BCUT2D eigenvalue weighted by Gasteiger charge is 2.24. The van der Waals surface area contributed by atoms with E-state index in [0.29, 0.717) is 25.6 Å². The molecule has 2 fully saturated rings. The summed E-state index contributed by atoms with van der Waals surface area (Å²) in [5.74, 6) is 1.63. The van der Waals surface area contributed by atoms with Crippen LogP contribution in [0.25, 0.3) is 0 Å². The zero-order chi connectivity index (χ0) is 17.4. The summed E-state index contributed by atoms with van der Waals surface area (Å²) in [5, 5.41) is 3.40.